The average Bonchev–Trinajstić information content (AvgIpc) is 3.68. The van der Waals surface area contributed by atoms with Crippen LogP contribution in [0.3, 0.4) is 0 Å². The summed E-state index contributed by atoms with van der Waals surface area (Å²) in [6, 6.07) is 0. The molecule has 0 heterocycles. The van der Waals surface area contributed by atoms with E-state index in [-0.39, 0.29) is 25.7 Å². The maximum absolute atomic E-state index is 13.0. The molecule has 0 aliphatic heterocycles. The van der Waals surface area contributed by atoms with Crippen LogP contribution in [0.5, 0.6) is 0 Å². The Kier molecular flexibility index (Phi) is 55.7. The number of phosphoric ester groups is 2. The molecule has 86 heavy (non-hydrogen) atoms. The van der Waals surface area contributed by atoms with Crippen molar-refractivity contribution in [2.24, 2.45) is 23.7 Å². The second-order valence-electron chi connectivity index (χ2n) is 25.9. The highest BCUT2D eigenvalue weighted by Crippen LogP contribution is 2.45. The molecule has 6 atom stereocenters. The summed E-state index contributed by atoms with van der Waals surface area (Å²) in [7, 11) is -9.90. The lowest BCUT2D eigenvalue weighted by atomic mass is 9.99. The number of ether oxygens (including phenoxy) is 4. The topological polar surface area (TPSA) is 237 Å². The predicted molar refractivity (Wildman–Crippen MR) is 344 cm³/mol. The highest BCUT2D eigenvalue weighted by atomic mass is 31.2. The molecule has 0 spiro atoms. The highest BCUT2D eigenvalue weighted by molar-refractivity contribution is 7.47. The molecule has 0 saturated carbocycles. The number of phosphoric acid groups is 2. The Morgan fingerprint density at radius 1 is 0.326 bits per heavy atom. The van der Waals surface area contributed by atoms with Gasteiger partial charge in [0.1, 0.15) is 19.3 Å². The Balaban J connectivity index is 5.27. The van der Waals surface area contributed by atoms with Crippen molar-refractivity contribution in [1.29, 1.82) is 0 Å². The zero-order chi connectivity index (χ0) is 63.9. The summed E-state index contributed by atoms with van der Waals surface area (Å²) in [6.07, 6.45) is 37.6. The van der Waals surface area contributed by atoms with E-state index in [1.54, 1.807) is 0 Å². The van der Waals surface area contributed by atoms with Crippen LogP contribution in [0.4, 0.5) is 0 Å². The first-order chi connectivity index (χ1) is 41.1. The molecule has 0 radical (unpaired) electrons. The molecular formula is C67H130O17P2. The summed E-state index contributed by atoms with van der Waals surface area (Å²) < 4.78 is 68.1. The lowest BCUT2D eigenvalue weighted by molar-refractivity contribution is -0.161. The summed E-state index contributed by atoms with van der Waals surface area (Å²) in [5.41, 5.74) is 0. The van der Waals surface area contributed by atoms with Crippen LogP contribution in [0.2, 0.25) is 0 Å². The maximum Gasteiger partial charge on any atom is 0.472 e. The Labute approximate surface area is 524 Å². The van der Waals surface area contributed by atoms with Crippen LogP contribution < -0.4 is 0 Å². The van der Waals surface area contributed by atoms with E-state index in [4.69, 9.17) is 37.0 Å². The van der Waals surface area contributed by atoms with E-state index in [0.717, 1.165) is 114 Å². The van der Waals surface area contributed by atoms with E-state index in [9.17, 15) is 43.2 Å². The summed E-state index contributed by atoms with van der Waals surface area (Å²) in [4.78, 5) is 72.4. The minimum Gasteiger partial charge on any atom is -0.462 e. The number of aliphatic hydroxyl groups excluding tert-OH is 1. The summed E-state index contributed by atoms with van der Waals surface area (Å²) in [6.45, 7) is 14.0. The minimum atomic E-state index is -4.95. The van der Waals surface area contributed by atoms with Crippen LogP contribution in [0, 0.1) is 23.7 Å². The van der Waals surface area contributed by atoms with Gasteiger partial charge in [0.2, 0.25) is 0 Å². The van der Waals surface area contributed by atoms with Gasteiger partial charge in [0.15, 0.2) is 12.2 Å². The zero-order valence-electron chi connectivity index (χ0n) is 55.9. The second-order valence-corrected chi connectivity index (χ2v) is 28.8. The smallest absolute Gasteiger partial charge is 0.462 e. The predicted octanol–water partition coefficient (Wildman–Crippen LogP) is 18.5. The van der Waals surface area contributed by atoms with Gasteiger partial charge in [0, 0.05) is 25.7 Å². The molecule has 0 aromatic heterocycles. The normalized spacial score (nSPS) is 14.7. The molecule has 3 N–H and O–H groups in total. The number of hydrogen-bond donors (Lipinski definition) is 3. The Hall–Kier alpha value is -1.94. The van der Waals surface area contributed by atoms with Crippen LogP contribution >= 0.6 is 15.6 Å². The van der Waals surface area contributed by atoms with Crippen LogP contribution in [0.25, 0.3) is 0 Å². The Bertz CT molecular complexity index is 1720. The molecule has 4 unspecified atom stereocenters. The SMILES string of the molecule is CCC(C)CCCCCCCCCCC(=O)OC[C@H](COP(=O)(O)OCC(O)COP(=O)(O)OC[C@@H](COC(=O)CCCCCCCCCCC(C)C)OC(=O)CCCCCCCCCCC(C)C)OC(=O)CCCCCCCCCCCC(C)C. The van der Waals surface area contributed by atoms with Gasteiger partial charge in [-0.1, -0.05) is 274 Å². The molecule has 0 aliphatic carbocycles. The largest absolute Gasteiger partial charge is 0.472 e. The second kappa shape index (κ2) is 57.0. The molecule has 0 saturated heterocycles. The number of unbranched alkanes of at least 4 members (excludes halogenated alkanes) is 29. The van der Waals surface area contributed by atoms with Crippen molar-refractivity contribution in [2.45, 2.75) is 343 Å². The third-order valence-corrected chi connectivity index (χ3v) is 17.6. The Morgan fingerprint density at radius 2 is 0.558 bits per heavy atom. The van der Waals surface area contributed by atoms with Crippen LogP contribution in [-0.2, 0) is 65.4 Å². The number of hydrogen-bond acceptors (Lipinski definition) is 15. The lowest BCUT2D eigenvalue weighted by Gasteiger charge is -2.21. The number of esters is 4. The van der Waals surface area contributed by atoms with Crippen LogP contribution in [0.15, 0.2) is 0 Å². The van der Waals surface area contributed by atoms with E-state index in [1.807, 2.05) is 0 Å². The van der Waals surface area contributed by atoms with E-state index in [1.165, 1.54) is 128 Å². The summed E-state index contributed by atoms with van der Waals surface area (Å²) in [5.74, 6) is 0.823. The third kappa shape index (κ3) is 59.7. The number of aliphatic hydroxyl groups is 1. The van der Waals surface area contributed by atoms with Gasteiger partial charge in [-0.25, -0.2) is 9.13 Å². The highest BCUT2D eigenvalue weighted by Gasteiger charge is 2.30. The van der Waals surface area contributed by atoms with Gasteiger partial charge in [0.05, 0.1) is 26.4 Å². The summed E-state index contributed by atoms with van der Waals surface area (Å²) in [5, 5.41) is 10.6. The van der Waals surface area contributed by atoms with Gasteiger partial charge in [-0.3, -0.25) is 37.3 Å². The molecule has 17 nitrogen and oxygen atoms in total. The standard InChI is InChI=1S/C67H130O17P2/c1-9-60(8)46-38-30-22-15-18-24-32-40-48-65(70)78-53-62(83-66(71)49-41-33-25-12-10-11-19-27-35-43-57(2)3)55-81-85(73,74)79-51-61(68)52-80-86(75,76)82-56-63(84-67(72)50-42-34-26-17-14-21-29-37-45-59(6)7)54-77-64(69)47-39-31-23-16-13-20-28-36-44-58(4)5/h57-63,68H,9-56H2,1-8H3,(H,73,74)(H,75,76)/t60?,61?,62-,63-/m1/s1. The fourth-order valence-electron chi connectivity index (χ4n) is 9.93. The Morgan fingerprint density at radius 3 is 0.826 bits per heavy atom. The van der Waals surface area contributed by atoms with Crippen molar-refractivity contribution < 1.29 is 80.2 Å². The number of rotatable bonds is 64. The molecule has 0 bridgehead atoms. The van der Waals surface area contributed by atoms with Crippen molar-refractivity contribution in [3.05, 3.63) is 0 Å². The van der Waals surface area contributed by atoms with Crippen LogP contribution in [-0.4, -0.2) is 96.7 Å². The first-order valence-electron chi connectivity index (χ1n) is 34.7. The van der Waals surface area contributed by atoms with Crippen LogP contribution in [0.1, 0.15) is 325 Å². The van der Waals surface area contributed by atoms with E-state index in [0.29, 0.717) is 25.7 Å². The molecule has 0 aliphatic rings. The maximum atomic E-state index is 13.0. The fourth-order valence-corrected chi connectivity index (χ4v) is 11.5. The molecule has 19 heteroatoms. The van der Waals surface area contributed by atoms with Crippen molar-refractivity contribution in [1.82, 2.24) is 0 Å². The molecule has 0 fully saturated rings. The van der Waals surface area contributed by atoms with Gasteiger partial charge < -0.3 is 33.8 Å². The van der Waals surface area contributed by atoms with Gasteiger partial charge in [-0.05, 0) is 49.4 Å². The quantitative estimate of drug-likeness (QED) is 0.0222. The number of carbonyl (C=O) groups is 4. The number of carbonyl (C=O) groups excluding carboxylic acids is 4. The minimum absolute atomic E-state index is 0.103. The monoisotopic (exact) mass is 1270 g/mol. The molecule has 0 aromatic rings. The fraction of sp³-hybridized carbons (Fsp3) is 0.940. The zero-order valence-corrected chi connectivity index (χ0v) is 57.7. The molecule has 0 rings (SSSR count). The molecule has 0 aromatic carbocycles. The van der Waals surface area contributed by atoms with Gasteiger partial charge >= 0.3 is 39.5 Å². The van der Waals surface area contributed by atoms with Gasteiger partial charge in [0.25, 0.3) is 0 Å². The molecular weight excluding hydrogens is 1140 g/mol. The van der Waals surface area contributed by atoms with E-state index >= 15 is 0 Å². The average molecular weight is 1270 g/mol. The molecule has 0 amide bonds. The third-order valence-electron chi connectivity index (χ3n) is 15.7. The van der Waals surface area contributed by atoms with E-state index < -0.39 is 97.5 Å². The first kappa shape index (κ1) is 84.1. The van der Waals surface area contributed by atoms with E-state index in [2.05, 4.69) is 55.4 Å². The van der Waals surface area contributed by atoms with Gasteiger partial charge in [-0.2, -0.15) is 0 Å². The van der Waals surface area contributed by atoms with Crippen molar-refractivity contribution >= 4 is 39.5 Å². The van der Waals surface area contributed by atoms with Crippen molar-refractivity contribution in [3.8, 4) is 0 Å². The van der Waals surface area contributed by atoms with Crippen molar-refractivity contribution in [3.63, 3.8) is 0 Å². The summed E-state index contributed by atoms with van der Waals surface area (Å²) >= 11 is 0. The molecule has 510 valence electrons. The van der Waals surface area contributed by atoms with Crippen molar-refractivity contribution in [2.75, 3.05) is 39.6 Å². The first-order valence-corrected chi connectivity index (χ1v) is 37.7. The van der Waals surface area contributed by atoms with Gasteiger partial charge in [-0.15, -0.1) is 0 Å². The lowest BCUT2D eigenvalue weighted by Crippen LogP contribution is -2.30.